The molecule has 0 fully saturated rings. The second-order valence-corrected chi connectivity index (χ2v) is 4.64. The number of aryl methyl sites for hydroxylation is 1. The van der Waals surface area contributed by atoms with Crippen molar-refractivity contribution in [3.05, 3.63) is 41.7 Å². The first-order valence-corrected chi connectivity index (χ1v) is 6.51. The highest BCUT2D eigenvalue weighted by atomic mass is 16.5. The van der Waals surface area contributed by atoms with Gasteiger partial charge in [-0.1, -0.05) is 11.2 Å². The van der Waals surface area contributed by atoms with Gasteiger partial charge < -0.3 is 14.7 Å². The summed E-state index contributed by atoms with van der Waals surface area (Å²) in [6, 6.07) is 10.1. The number of benzene rings is 1. The zero-order valence-electron chi connectivity index (χ0n) is 12.2. The Kier molecular flexibility index (Phi) is 4.53. The first-order chi connectivity index (χ1) is 10.5. The molecule has 2 amide bonds. The van der Waals surface area contributed by atoms with Gasteiger partial charge in [-0.15, -0.1) is 0 Å². The Labute approximate surface area is 127 Å². The first-order valence-electron chi connectivity index (χ1n) is 6.51. The van der Waals surface area contributed by atoms with E-state index in [2.05, 4.69) is 10.5 Å². The maximum Gasteiger partial charge on any atom is 0.245 e. The number of amides is 2. The summed E-state index contributed by atoms with van der Waals surface area (Å²) in [4.78, 5) is 25.1. The molecule has 7 heteroatoms. The molecule has 112 valence electrons. The molecule has 22 heavy (non-hydrogen) atoms. The predicted molar refractivity (Wildman–Crippen MR) is 79.1 cm³/mol. The van der Waals surface area contributed by atoms with Crippen LogP contribution in [0, 0.1) is 18.3 Å². The summed E-state index contributed by atoms with van der Waals surface area (Å²) in [7, 11) is 0. The normalized spacial score (nSPS) is 9.86. The zero-order chi connectivity index (χ0) is 16.1. The highest BCUT2D eigenvalue weighted by Crippen LogP contribution is 2.16. The van der Waals surface area contributed by atoms with E-state index in [1.54, 1.807) is 37.3 Å². The van der Waals surface area contributed by atoms with Gasteiger partial charge in [0, 0.05) is 18.7 Å². The van der Waals surface area contributed by atoms with Crippen LogP contribution >= 0.6 is 0 Å². The third kappa shape index (κ3) is 3.70. The average Bonchev–Trinajstić information content (AvgIpc) is 2.89. The number of nitrogens with one attached hydrogen (secondary N) is 1. The Morgan fingerprint density at radius 3 is 2.77 bits per heavy atom. The van der Waals surface area contributed by atoms with Gasteiger partial charge in [-0.3, -0.25) is 9.59 Å². The van der Waals surface area contributed by atoms with Gasteiger partial charge >= 0.3 is 0 Å². The first kappa shape index (κ1) is 15.3. The molecule has 0 spiro atoms. The number of aromatic nitrogens is 1. The molecule has 1 aromatic carbocycles. The topological polar surface area (TPSA) is 99.2 Å². The minimum atomic E-state index is -0.411. The van der Waals surface area contributed by atoms with Crippen molar-refractivity contribution < 1.29 is 14.1 Å². The van der Waals surface area contributed by atoms with E-state index in [1.807, 2.05) is 6.07 Å². The predicted octanol–water partition coefficient (Wildman–Crippen LogP) is 1.85. The van der Waals surface area contributed by atoms with Gasteiger partial charge in [0.2, 0.25) is 11.8 Å². The molecule has 7 nitrogen and oxygen atoms in total. The maximum absolute atomic E-state index is 12.0. The number of nitriles is 1. The number of hydrogen-bond acceptors (Lipinski definition) is 5. The fourth-order valence-electron chi connectivity index (χ4n) is 1.88. The summed E-state index contributed by atoms with van der Waals surface area (Å²) in [6.45, 7) is 2.88. The molecule has 0 saturated carbocycles. The zero-order valence-corrected chi connectivity index (χ0v) is 12.2. The lowest BCUT2D eigenvalue weighted by Crippen LogP contribution is -2.36. The van der Waals surface area contributed by atoms with Crippen molar-refractivity contribution in [1.29, 1.82) is 5.26 Å². The van der Waals surface area contributed by atoms with Crippen LogP contribution in [0.1, 0.15) is 18.2 Å². The number of anilines is 2. The van der Waals surface area contributed by atoms with Crippen LogP contribution in [-0.2, 0) is 9.59 Å². The van der Waals surface area contributed by atoms with Gasteiger partial charge in [0.05, 0.1) is 11.6 Å². The minimum Gasteiger partial charge on any atom is -0.360 e. The molecule has 0 aliphatic carbocycles. The fourth-order valence-corrected chi connectivity index (χ4v) is 1.88. The van der Waals surface area contributed by atoms with E-state index < -0.39 is 5.91 Å². The van der Waals surface area contributed by atoms with Crippen LogP contribution in [-0.4, -0.2) is 23.5 Å². The van der Waals surface area contributed by atoms with E-state index in [9.17, 15) is 9.59 Å². The maximum atomic E-state index is 12.0. The summed E-state index contributed by atoms with van der Waals surface area (Å²) >= 11 is 0. The Hall–Kier alpha value is -3.14. The molecular formula is C15H14N4O3. The third-order valence-electron chi connectivity index (χ3n) is 2.86. The van der Waals surface area contributed by atoms with E-state index in [-0.39, 0.29) is 18.3 Å². The molecule has 2 aromatic rings. The summed E-state index contributed by atoms with van der Waals surface area (Å²) in [5.74, 6) is 0.143. The van der Waals surface area contributed by atoms with E-state index in [0.717, 1.165) is 0 Å². The fraction of sp³-hybridized carbons (Fsp3) is 0.200. The second-order valence-electron chi connectivity index (χ2n) is 4.64. The van der Waals surface area contributed by atoms with E-state index >= 15 is 0 Å². The molecule has 0 radical (unpaired) electrons. The van der Waals surface area contributed by atoms with Crippen LogP contribution in [0.2, 0.25) is 0 Å². The molecule has 0 aliphatic rings. The molecule has 1 aromatic heterocycles. The van der Waals surface area contributed by atoms with Crippen molar-refractivity contribution in [2.45, 2.75) is 13.8 Å². The molecule has 1 heterocycles. The minimum absolute atomic E-state index is 0.184. The second kappa shape index (κ2) is 6.54. The van der Waals surface area contributed by atoms with Crippen LogP contribution < -0.4 is 10.2 Å². The number of nitrogens with zero attached hydrogens (tertiary/aromatic N) is 3. The lowest BCUT2D eigenvalue weighted by Gasteiger charge is -2.20. The largest absolute Gasteiger partial charge is 0.360 e. The molecule has 0 bridgehead atoms. The summed E-state index contributed by atoms with van der Waals surface area (Å²) in [6.07, 6.45) is 0. The lowest BCUT2D eigenvalue weighted by atomic mass is 10.2. The van der Waals surface area contributed by atoms with Crippen molar-refractivity contribution in [1.82, 2.24) is 5.16 Å². The summed E-state index contributed by atoms with van der Waals surface area (Å²) in [5, 5.41) is 15.1. The Morgan fingerprint density at radius 1 is 1.41 bits per heavy atom. The van der Waals surface area contributed by atoms with Crippen LogP contribution in [0.25, 0.3) is 0 Å². The standard InChI is InChI=1S/C15H14N4O3/c1-10-6-14(18-22-10)17-15(21)9-19(11(2)20)13-5-3-4-12(7-13)8-16/h3-7H,9H2,1-2H3,(H,17,18,21). The summed E-state index contributed by atoms with van der Waals surface area (Å²) < 4.78 is 4.85. The molecule has 0 unspecified atom stereocenters. The van der Waals surface area contributed by atoms with Crippen LogP contribution in [0.4, 0.5) is 11.5 Å². The lowest BCUT2D eigenvalue weighted by molar-refractivity contribution is -0.120. The van der Waals surface area contributed by atoms with Crippen LogP contribution in [0.5, 0.6) is 0 Å². The van der Waals surface area contributed by atoms with Crippen LogP contribution in [0.15, 0.2) is 34.9 Å². The monoisotopic (exact) mass is 298 g/mol. The smallest absolute Gasteiger partial charge is 0.245 e. The van der Waals surface area contributed by atoms with E-state index in [0.29, 0.717) is 17.0 Å². The number of carbonyl (C=O) groups is 2. The molecule has 0 aliphatic heterocycles. The molecule has 2 rings (SSSR count). The van der Waals surface area contributed by atoms with Gasteiger partial charge in [-0.2, -0.15) is 5.26 Å². The quantitative estimate of drug-likeness (QED) is 0.928. The van der Waals surface area contributed by atoms with Gasteiger partial charge in [-0.25, -0.2) is 0 Å². The van der Waals surface area contributed by atoms with Crippen molar-refractivity contribution in [3.63, 3.8) is 0 Å². The van der Waals surface area contributed by atoms with E-state index in [4.69, 9.17) is 9.78 Å². The Bertz CT molecular complexity index is 745. The van der Waals surface area contributed by atoms with Gasteiger partial charge in [-0.05, 0) is 25.1 Å². The number of hydrogen-bond donors (Lipinski definition) is 1. The van der Waals surface area contributed by atoms with Crippen molar-refractivity contribution in [2.75, 3.05) is 16.8 Å². The molecule has 0 atom stereocenters. The average molecular weight is 298 g/mol. The third-order valence-corrected chi connectivity index (χ3v) is 2.86. The Balaban J connectivity index is 2.13. The molecule has 1 N–H and O–H groups in total. The van der Waals surface area contributed by atoms with E-state index in [1.165, 1.54) is 11.8 Å². The SMILES string of the molecule is CC(=O)N(CC(=O)Nc1cc(C)on1)c1cccc(C#N)c1. The van der Waals surface area contributed by atoms with Gasteiger partial charge in [0.25, 0.3) is 0 Å². The molecular weight excluding hydrogens is 284 g/mol. The van der Waals surface area contributed by atoms with Crippen molar-refractivity contribution >= 4 is 23.3 Å². The number of carbonyl (C=O) groups excluding carboxylic acids is 2. The van der Waals surface area contributed by atoms with Gasteiger partial charge in [0.1, 0.15) is 12.3 Å². The molecule has 0 saturated heterocycles. The number of rotatable bonds is 4. The highest BCUT2D eigenvalue weighted by Gasteiger charge is 2.17. The van der Waals surface area contributed by atoms with Crippen molar-refractivity contribution in [2.24, 2.45) is 0 Å². The van der Waals surface area contributed by atoms with Crippen molar-refractivity contribution in [3.8, 4) is 6.07 Å². The summed E-state index contributed by atoms with van der Waals surface area (Å²) in [5.41, 5.74) is 0.898. The van der Waals surface area contributed by atoms with Gasteiger partial charge in [0.15, 0.2) is 5.82 Å². The highest BCUT2D eigenvalue weighted by molar-refractivity contribution is 6.01. The van der Waals surface area contributed by atoms with Crippen LogP contribution in [0.3, 0.4) is 0 Å². The Morgan fingerprint density at radius 2 is 2.18 bits per heavy atom.